The summed E-state index contributed by atoms with van der Waals surface area (Å²) >= 11 is 11.9. The Morgan fingerprint density at radius 2 is 1.29 bits per heavy atom. The van der Waals surface area contributed by atoms with Crippen LogP contribution >= 0.6 is 23.2 Å². The molecule has 3 heteroatoms. The molecule has 0 saturated carbocycles. The van der Waals surface area contributed by atoms with Crippen molar-refractivity contribution in [3.63, 3.8) is 0 Å². The third-order valence-electron chi connectivity index (χ3n) is 2.84. The minimum atomic E-state index is 0.732. The summed E-state index contributed by atoms with van der Waals surface area (Å²) in [5.74, 6) is 0. The fourth-order valence-corrected chi connectivity index (χ4v) is 2.51. The Labute approximate surface area is 114 Å². The molecule has 0 aromatic heterocycles. The molecule has 0 radical (unpaired) electrons. The van der Waals surface area contributed by atoms with Gasteiger partial charge in [0.15, 0.2) is 0 Å². The third kappa shape index (κ3) is 6.92. The van der Waals surface area contributed by atoms with Gasteiger partial charge in [-0.25, -0.2) is 0 Å². The Morgan fingerprint density at radius 3 is 1.88 bits per heavy atom. The number of hydrogen-bond acceptors (Lipinski definition) is 1. The van der Waals surface area contributed by atoms with Gasteiger partial charge < -0.3 is 5.73 Å². The first-order chi connectivity index (χ1) is 8.22. The molecule has 17 heavy (non-hydrogen) atoms. The highest BCUT2D eigenvalue weighted by Crippen LogP contribution is 2.20. The first-order valence-electron chi connectivity index (χ1n) is 6.37. The smallest absolute Gasteiger partial charge is 0.0423 e. The van der Waals surface area contributed by atoms with Crippen molar-refractivity contribution in [3.8, 4) is 0 Å². The molecule has 0 aliphatic rings. The Bertz CT molecular complexity index is 306. The molecule has 0 aliphatic carbocycles. The molecule has 0 fully saturated rings. The second kappa shape index (κ2) is 8.79. The molecule has 0 bridgehead atoms. The number of benzene rings is 1. The van der Waals surface area contributed by atoms with Crippen LogP contribution in [0.2, 0.25) is 10.0 Å². The maximum atomic E-state index is 5.95. The van der Waals surface area contributed by atoms with E-state index in [-0.39, 0.29) is 0 Å². The second-order valence-corrected chi connectivity index (χ2v) is 5.31. The van der Waals surface area contributed by atoms with E-state index < -0.39 is 0 Å². The summed E-state index contributed by atoms with van der Waals surface area (Å²) in [5, 5.41) is 1.46. The number of hydrogen-bond donors (Lipinski definition) is 1. The Kier molecular flexibility index (Phi) is 7.67. The van der Waals surface area contributed by atoms with Crippen molar-refractivity contribution in [2.75, 3.05) is 6.54 Å². The van der Waals surface area contributed by atoms with Gasteiger partial charge in [-0.1, -0.05) is 48.9 Å². The van der Waals surface area contributed by atoms with Gasteiger partial charge in [0, 0.05) is 10.0 Å². The highest BCUT2D eigenvalue weighted by molar-refractivity contribution is 6.34. The average Bonchev–Trinajstić information content (AvgIpc) is 2.26. The number of unbranched alkanes of at least 4 members (excludes halogenated alkanes) is 5. The van der Waals surface area contributed by atoms with Crippen LogP contribution in [0.1, 0.15) is 44.1 Å². The van der Waals surface area contributed by atoms with Crippen LogP contribution in [-0.4, -0.2) is 6.54 Å². The fourth-order valence-electron chi connectivity index (χ4n) is 1.94. The molecule has 1 aromatic rings. The molecule has 0 heterocycles. The van der Waals surface area contributed by atoms with Crippen LogP contribution in [0.4, 0.5) is 0 Å². The number of nitrogens with two attached hydrogens (primary N) is 1. The normalized spacial score (nSPS) is 10.8. The number of halogens is 2. The van der Waals surface area contributed by atoms with Gasteiger partial charge in [0.05, 0.1) is 0 Å². The van der Waals surface area contributed by atoms with Crippen molar-refractivity contribution in [3.05, 3.63) is 33.8 Å². The van der Waals surface area contributed by atoms with Crippen LogP contribution in [0.3, 0.4) is 0 Å². The average molecular weight is 274 g/mol. The van der Waals surface area contributed by atoms with E-state index in [4.69, 9.17) is 28.9 Å². The van der Waals surface area contributed by atoms with Crippen molar-refractivity contribution >= 4 is 23.2 Å². The van der Waals surface area contributed by atoms with Gasteiger partial charge in [-0.15, -0.1) is 0 Å². The van der Waals surface area contributed by atoms with Crippen molar-refractivity contribution < 1.29 is 0 Å². The maximum absolute atomic E-state index is 5.95. The zero-order valence-corrected chi connectivity index (χ0v) is 11.7. The molecule has 1 aromatic carbocycles. The Morgan fingerprint density at radius 1 is 0.765 bits per heavy atom. The molecule has 0 atom stereocenters. The van der Waals surface area contributed by atoms with E-state index >= 15 is 0 Å². The van der Waals surface area contributed by atoms with E-state index in [0.717, 1.165) is 29.4 Å². The minimum absolute atomic E-state index is 0.732. The standard InChI is InChI=1S/C14H21Cl2N/c15-13-9-12(10-14(16)11-13)7-5-3-1-2-4-6-8-17/h9-11H,1-8,17H2. The molecule has 0 unspecified atom stereocenters. The lowest BCUT2D eigenvalue weighted by Crippen LogP contribution is -1.97. The van der Waals surface area contributed by atoms with E-state index in [9.17, 15) is 0 Å². The molecule has 0 aliphatic heterocycles. The molecule has 1 nitrogen and oxygen atoms in total. The maximum Gasteiger partial charge on any atom is 0.0423 e. The van der Waals surface area contributed by atoms with Gasteiger partial charge in [0.25, 0.3) is 0 Å². The monoisotopic (exact) mass is 273 g/mol. The summed E-state index contributed by atoms with van der Waals surface area (Å²) in [6.07, 6.45) is 8.57. The number of rotatable bonds is 8. The first-order valence-corrected chi connectivity index (χ1v) is 7.13. The van der Waals surface area contributed by atoms with Crippen LogP contribution in [0.25, 0.3) is 0 Å². The largest absolute Gasteiger partial charge is 0.330 e. The van der Waals surface area contributed by atoms with Crippen LogP contribution in [0, 0.1) is 0 Å². The van der Waals surface area contributed by atoms with Crippen molar-refractivity contribution in [2.45, 2.75) is 44.9 Å². The molecule has 1 rings (SSSR count). The quantitative estimate of drug-likeness (QED) is 0.675. The van der Waals surface area contributed by atoms with E-state index in [0.29, 0.717) is 0 Å². The van der Waals surface area contributed by atoms with Crippen molar-refractivity contribution in [1.82, 2.24) is 0 Å². The lowest BCUT2D eigenvalue weighted by atomic mass is 10.0. The van der Waals surface area contributed by atoms with Crippen molar-refractivity contribution in [2.24, 2.45) is 5.73 Å². The van der Waals surface area contributed by atoms with E-state index in [1.807, 2.05) is 12.1 Å². The number of aryl methyl sites for hydroxylation is 1. The van der Waals surface area contributed by atoms with Gasteiger partial charge >= 0.3 is 0 Å². The summed E-state index contributed by atoms with van der Waals surface area (Å²) in [4.78, 5) is 0. The summed E-state index contributed by atoms with van der Waals surface area (Å²) in [6.45, 7) is 0.820. The van der Waals surface area contributed by atoms with Crippen LogP contribution < -0.4 is 5.73 Å². The topological polar surface area (TPSA) is 26.0 Å². The van der Waals surface area contributed by atoms with Crippen LogP contribution in [-0.2, 0) is 6.42 Å². The molecular formula is C14H21Cl2N. The van der Waals surface area contributed by atoms with Crippen LogP contribution in [0.15, 0.2) is 18.2 Å². The van der Waals surface area contributed by atoms with Crippen LogP contribution in [0.5, 0.6) is 0 Å². The summed E-state index contributed by atoms with van der Waals surface area (Å²) in [7, 11) is 0. The van der Waals surface area contributed by atoms with E-state index in [1.54, 1.807) is 6.07 Å². The summed E-state index contributed by atoms with van der Waals surface area (Å²) < 4.78 is 0. The molecule has 0 spiro atoms. The fraction of sp³-hybridized carbons (Fsp3) is 0.571. The van der Waals surface area contributed by atoms with Gasteiger partial charge in [0.2, 0.25) is 0 Å². The zero-order chi connectivity index (χ0) is 12.5. The molecule has 96 valence electrons. The SMILES string of the molecule is NCCCCCCCCc1cc(Cl)cc(Cl)c1. The van der Waals surface area contributed by atoms with Gasteiger partial charge in [-0.05, 0) is 49.6 Å². The molecule has 2 N–H and O–H groups in total. The predicted octanol–water partition coefficient (Wildman–Crippen LogP) is 4.84. The Hall–Kier alpha value is -0.240. The highest BCUT2D eigenvalue weighted by Gasteiger charge is 1.98. The Balaban J connectivity index is 2.13. The molecule has 0 amide bonds. The van der Waals surface area contributed by atoms with Crippen molar-refractivity contribution in [1.29, 1.82) is 0 Å². The predicted molar refractivity (Wildman–Crippen MR) is 76.9 cm³/mol. The highest BCUT2D eigenvalue weighted by atomic mass is 35.5. The first kappa shape index (κ1) is 14.8. The zero-order valence-electron chi connectivity index (χ0n) is 10.2. The lowest BCUT2D eigenvalue weighted by Gasteiger charge is -2.03. The second-order valence-electron chi connectivity index (χ2n) is 4.44. The summed E-state index contributed by atoms with van der Waals surface area (Å²) in [6, 6.07) is 5.78. The summed E-state index contributed by atoms with van der Waals surface area (Å²) in [5.41, 5.74) is 6.69. The van der Waals surface area contributed by atoms with E-state index in [2.05, 4.69) is 0 Å². The minimum Gasteiger partial charge on any atom is -0.330 e. The van der Waals surface area contributed by atoms with E-state index in [1.165, 1.54) is 37.7 Å². The third-order valence-corrected chi connectivity index (χ3v) is 3.28. The molecule has 0 saturated heterocycles. The molecular weight excluding hydrogens is 253 g/mol. The van der Waals surface area contributed by atoms with Gasteiger partial charge in [0.1, 0.15) is 0 Å². The van der Waals surface area contributed by atoms with Gasteiger partial charge in [-0.3, -0.25) is 0 Å². The van der Waals surface area contributed by atoms with Gasteiger partial charge in [-0.2, -0.15) is 0 Å². The lowest BCUT2D eigenvalue weighted by molar-refractivity contribution is 0.597.